The minimum atomic E-state index is -4.40. The van der Waals surface area contributed by atoms with Crippen LogP contribution in [0.4, 0.5) is 13.2 Å². The first-order valence-corrected chi connectivity index (χ1v) is 10.4. The van der Waals surface area contributed by atoms with Crippen molar-refractivity contribution in [1.82, 2.24) is 9.80 Å². The summed E-state index contributed by atoms with van der Waals surface area (Å²) in [6.45, 7) is 4.94. The number of alkyl halides is 3. The fourth-order valence-electron chi connectivity index (χ4n) is 4.22. The van der Waals surface area contributed by atoms with E-state index in [1.807, 2.05) is 12.1 Å². The lowest BCUT2D eigenvalue weighted by atomic mass is 9.94. The third kappa shape index (κ3) is 4.71. The van der Waals surface area contributed by atoms with Crippen LogP contribution in [0.1, 0.15) is 35.6 Å². The lowest BCUT2D eigenvalue weighted by Crippen LogP contribution is -2.38. The van der Waals surface area contributed by atoms with Gasteiger partial charge in [0.25, 0.3) is 0 Å². The van der Waals surface area contributed by atoms with Gasteiger partial charge in [-0.3, -0.25) is 4.90 Å². The lowest BCUT2D eigenvalue weighted by Gasteiger charge is -2.32. The van der Waals surface area contributed by atoms with E-state index in [4.69, 9.17) is 16.3 Å². The third-order valence-corrected chi connectivity index (χ3v) is 5.97. The summed E-state index contributed by atoms with van der Waals surface area (Å²) in [7, 11) is 0. The van der Waals surface area contributed by atoms with Gasteiger partial charge in [-0.2, -0.15) is 13.2 Å². The van der Waals surface area contributed by atoms with Crippen LogP contribution in [0.2, 0.25) is 5.02 Å². The number of benzene rings is 2. The molecule has 2 aromatic carbocycles. The van der Waals surface area contributed by atoms with Crippen LogP contribution in [0.15, 0.2) is 42.5 Å². The molecule has 0 aliphatic carbocycles. The van der Waals surface area contributed by atoms with Gasteiger partial charge in [0, 0.05) is 30.2 Å². The Balaban J connectivity index is 1.72. The molecule has 29 heavy (non-hydrogen) atoms. The molecular weight excluding hydrogens is 401 g/mol. The topological polar surface area (TPSA) is 15.7 Å². The highest BCUT2D eigenvalue weighted by Gasteiger charge is 2.35. The Bertz CT molecular complexity index is 835. The second-order valence-corrected chi connectivity index (χ2v) is 8.07. The van der Waals surface area contributed by atoms with Gasteiger partial charge in [0.05, 0.1) is 11.6 Å². The van der Waals surface area contributed by atoms with Gasteiger partial charge in [0.2, 0.25) is 0 Å². The quantitative estimate of drug-likeness (QED) is 0.667. The maximum Gasteiger partial charge on any atom is 0.416 e. The molecule has 2 aliphatic rings. The zero-order chi connectivity index (χ0) is 20.4. The molecular formula is C22H24ClF3N2O. The summed E-state index contributed by atoms with van der Waals surface area (Å²) in [5.74, 6) is 0.515. The van der Waals surface area contributed by atoms with E-state index in [-0.39, 0.29) is 6.04 Å². The Labute approximate surface area is 174 Å². The van der Waals surface area contributed by atoms with Crippen molar-refractivity contribution in [2.75, 3.05) is 39.3 Å². The van der Waals surface area contributed by atoms with Gasteiger partial charge in [0.1, 0.15) is 12.4 Å². The number of fused-ring (bicyclic) bond motifs is 1. The van der Waals surface area contributed by atoms with Crippen LogP contribution in [0.5, 0.6) is 5.75 Å². The molecule has 1 unspecified atom stereocenters. The fourth-order valence-corrected chi connectivity index (χ4v) is 4.35. The second kappa shape index (κ2) is 8.54. The fraction of sp³-hybridized carbons (Fsp3) is 0.455. The average Bonchev–Trinajstić information content (AvgIpc) is 3.14. The van der Waals surface area contributed by atoms with E-state index >= 15 is 0 Å². The predicted octanol–water partition coefficient (Wildman–Crippen LogP) is 5.24. The van der Waals surface area contributed by atoms with Crippen molar-refractivity contribution in [3.05, 3.63) is 64.2 Å². The molecule has 0 amide bonds. The van der Waals surface area contributed by atoms with E-state index in [1.54, 1.807) is 12.1 Å². The van der Waals surface area contributed by atoms with Crippen molar-refractivity contribution >= 4 is 11.6 Å². The highest BCUT2D eigenvalue weighted by molar-refractivity contribution is 6.30. The van der Waals surface area contributed by atoms with E-state index in [0.29, 0.717) is 29.5 Å². The first-order chi connectivity index (χ1) is 13.9. The third-order valence-electron chi connectivity index (χ3n) is 5.72. The molecule has 4 rings (SSSR count). The SMILES string of the molecule is FC(F)(F)c1ccc2c(c1)C(c1ccc(Cl)cc1)N(CCN1CCCC1)CCO2. The number of ether oxygens (including phenoxy) is 1. The Morgan fingerprint density at radius 2 is 1.69 bits per heavy atom. The molecule has 3 nitrogen and oxygen atoms in total. The maximum absolute atomic E-state index is 13.4. The summed E-state index contributed by atoms with van der Waals surface area (Å²) in [5, 5.41) is 0.603. The largest absolute Gasteiger partial charge is 0.492 e. The number of nitrogens with zero attached hydrogens (tertiary/aromatic N) is 2. The van der Waals surface area contributed by atoms with Crippen LogP contribution >= 0.6 is 11.6 Å². The molecule has 1 atom stereocenters. The average molecular weight is 425 g/mol. The molecule has 7 heteroatoms. The lowest BCUT2D eigenvalue weighted by molar-refractivity contribution is -0.137. The van der Waals surface area contributed by atoms with E-state index in [1.165, 1.54) is 25.0 Å². The van der Waals surface area contributed by atoms with Gasteiger partial charge >= 0.3 is 6.18 Å². The first kappa shape index (κ1) is 20.5. The Morgan fingerprint density at radius 1 is 0.966 bits per heavy atom. The smallest absolute Gasteiger partial charge is 0.416 e. The molecule has 0 N–H and O–H groups in total. The standard InChI is InChI=1S/C22H24ClF3N2O/c23-18-6-3-16(4-7-18)21-19-15-17(22(24,25)26)5-8-20(19)29-14-13-28(21)12-11-27-9-1-2-10-27/h3-8,15,21H,1-2,9-14H2. The minimum Gasteiger partial charge on any atom is -0.492 e. The van der Waals surface area contributed by atoms with Gasteiger partial charge in [-0.15, -0.1) is 0 Å². The zero-order valence-electron chi connectivity index (χ0n) is 16.1. The predicted molar refractivity (Wildman–Crippen MR) is 107 cm³/mol. The summed E-state index contributed by atoms with van der Waals surface area (Å²) in [4.78, 5) is 4.64. The summed E-state index contributed by atoms with van der Waals surface area (Å²) >= 11 is 6.06. The maximum atomic E-state index is 13.4. The summed E-state index contributed by atoms with van der Waals surface area (Å²) in [6, 6.07) is 10.8. The number of halogens is 4. The highest BCUT2D eigenvalue weighted by Crippen LogP contribution is 2.40. The molecule has 2 aliphatic heterocycles. The zero-order valence-corrected chi connectivity index (χ0v) is 16.8. The van der Waals surface area contributed by atoms with E-state index in [2.05, 4.69) is 9.80 Å². The molecule has 0 aromatic heterocycles. The summed E-state index contributed by atoms with van der Waals surface area (Å²) in [6.07, 6.45) is -1.98. The molecule has 1 saturated heterocycles. The highest BCUT2D eigenvalue weighted by atomic mass is 35.5. The van der Waals surface area contributed by atoms with Crippen LogP contribution in [0, 0.1) is 0 Å². The van der Waals surface area contributed by atoms with Crippen molar-refractivity contribution < 1.29 is 17.9 Å². The van der Waals surface area contributed by atoms with E-state index in [0.717, 1.165) is 37.8 Å². The van der Waals surface area contributed by atoms with Crippen LogP contribution in [-0.2, 0) is 6.18 Å². The minimum absolute atomic E-state index is 0.310. The van der Waals surface area contributed by atoms with Gasteiger partial charge in [-0.1, -0.05) is 23.7 Å². The van der Waals surface area contributed by atoms with Crippen molar-refractivity contribution in [2.24, 2.45) is 0 Å². The second-order valence-electron chi connectivity index (χ2n) is 7.64. The van der Waals surface area contributed by atoms with Crippen molar-refractivity contribution in [2.45, 2.75) is 25.1 Å². The van der Waals surface area contributed by atoms with Crippen molar-refractivity contribution in [3.8, 4) is 5.75 Å². The molecule has 0 bridgehead atoms. The van der Waals surface area contributed by atoms with Crippen LogP contribution in [0.25, 0.3) is 0 Å². The van der Waals surface area contributed by atoms with Gasteiger partial charge < -0.3 is 9.64 Å². The Kier molecular flexibility index (Phi) is 6.04. The monoisotopic (exact) mass is 424 g/mol. The number of rotatable bonds is 4. The molecule has 156 valence electrons. The normalized spacial score (nSPS) is 20.9. The Hall–Kier alpha value is -1.76. The van der Waals surface area contributed by atoms with Gasteiger partial charge in [-0.25, -0.2) is 0 Å². The molecule has 0 radical (unpaired) electrons. The van der Waals surface area contributed by atoms with Gasteiger partial charge in [0.15, 0.2) is 0 Å². The van der Waals surface area contributed by atoms with Gasteiger partial charge in [-0.05, 0) is 61.8 Å². The summed E-state index contributed by atoms with van der Waals surface area (Å²) in [5.41, 5.74) is 0.822. The molecule has 0 spiro atoms. The van der Waals surface area contributed by atoms with Crippen LogP contribution in [0.3, 0.4) is 0 Å². The first-order valence-electron chi connectivity index (χ1n) is 9.97. The number of hydrogen-bond acceptors (Lipinski definition) is 3. The van der Waals surface area contributed by atoms with Crippen LogP contribution < -0.4 is 4.74 Å². The van der Waals surface area contributed by atoms with Crippen molar-refractivity contribution in [1.29, 1.82) is 0 Å². The number of hydrogen-bond donors (Lipinski definition) is 0. The molecule has 2 aromatic rings. The van der Waals surface area contributed by atoms with E-state index in [9.17, 15) is 13.2 Å². The van der Waals surface area contributed by atoms with Crippen molar-refractivity contribution in [3.63, 3.8) is 0 Å². The Morgan fingerprint density at radius 3 is 2.38 bits per heavy atom. The summed E-state index contributed by atoms with van der Waals surface area (Å²) < 4.78 is 46.1. The molecule has 2 heterocycles. The molecule has 0 saturated carbocycles. The number of likely N-dealkylation sites (tertiary alicyclic amines) is 1. The molecule has 1 fully saturated rings. The van der Waals surface area contributed by atoms with E-state index < -0.39 is 11.7 Å². The van der Waals surface area contributed by atoms with Crippen LogP contribution in [-0.4, -0.2) is 49.1 Å².